The summed E-state index contributed by atoms with van der Waals surface area (Å²) in [6.45, 7) is 5.66. The number of hydrogen-bond acceptors (Lipinski definition) is 7. The fraction of sp³-hybridized carbons (Fsp3) is 0.333. The van der Waals surface area contributed by atoms with Crippen molar-refractivity contribution in [3.63, 3.8) is 0 Å². The summed E-state index contributed by atoms with van der Waals surface area (Å²) in [5.41, 5.74) is 2.46. The monoisotopic (exact) mass is 362 g/mol. The van der Waals surface area contributed by atoms with Gasteiger partial charge in [-0.25, -0.2) is 18.1 Å². The van der Waals surface area contributed by atoms with Crippen LogP contribution in [0.1, 0.15) is 22.6 Å². The third kappa shape index (κ3) is 3.74. The Kier molecular flexibility index (Phi) is 4.64. The molecule has 10 heteroatoms. The Morgan fingerprint density at radius 3 is 2.56 bits per heavy atom. The lowest BCUT2D eigenvalue weighted by molar-refractivity contribution is 0.378. The highest BCUT2D eigenvalue weighted by Crippen LogP contribution is 2.21. The summed E-state index contributed by atoms with van der Waals surface area (Å²) in [4.78, 5) is 8.38. The van der Waals surface area contributed by atoms with Crippen molar-refractivity contribution >= 4 is 10.0 Å². The van der Waals surface area contributed by atoms with Crippen LogP contribution in [0, 0.1) is 20.8 Å². The molecule has 0 aliphatic rings. The second kappa shape index (κ2) is 6.73. The van der Waals surface area contributed by atoms with Crippen LogP contribution in [-0.4, -0.2) is 40.3 Å². The van der Waals surface area contributed by atoms with Gasteiger partial charge in [0, 0.05) is 13.0 Å². The fourth-order valence-electron chi connectivity index (χ4n) is 2.72. The molecule has 0 radical (unpaired) electrons. The number of hydrogen-bond donors (Lipinski definition) is 2. The van der Waals surface area contributed by atoms with Gasteiger partial charge in [0.1, 0.15) is 6.33 Å². The van der Waals surface area contributed by atoms with Gasteiger partial charge in [0.15, 0.2) is 5.82 Å². The SMILES string of the molecule is Cc1cc(C)c(S(=O)(=O)NCCc2nc(-c3ncn[nH]3)no2)c(C)c1. The van der Waals surface area contributed by atoms with E-state index in [0.717, 1.165) is 16.7 Å². The van der Waals surface area contributed by atoms with Gasteiger partial charge in [-0.05, 0) is 31.9 Å². The largest absolute Gasteiger partial charge is 0.339 e. The molecule has 25 heavy (non-hydrogen) atoms. The lowest BCUT2D eigenvalue weighted by Gasteiger charge is -2.12. The summed E-state index contributed by atoms with van der Waals surface area (Å²) >= 11 is 0. The molecule has 2 heterocycles. The molecular formula is C15H18N6O3S. The number of aryl methyl sites for hydroxylation is 3. The molecule has 2 N–H and O–H groups in total. The predicted molar refractivity (Wildman–Crippen MR) is 89.2 cm³/mol. The Hall–Kier alpha value is -2.59. The van der Waals surface area contributed by atoms with Crippen LogP contribution in [0.4, 0.5) is 0 Å². The second-order valence-electron chi connectivity index (χ2n) is 5.72. The highest BCUT2D eigenvalue weighted by atomic mass is 32.2. The first-order valence-electron chi connectivity index (χ1n) is 7.62. The molecule has 3 rings (SSSR count). The first kappa shape index (κ1) is 17.2. The van der Waals surface area contributed by atoms with Gasteiger partial charge in [0.05, 0.1) is 4.90 Å². The number of sulfonamides is 1. The van der Waals surface area contributed by atoms with Crippen molar-refractivity contribution in [2.75, 3.05) is 6.54 Å². The van der Waals surface area contributed by atoms with Crippen molar-refractivity contribution in [3.8, 4) is 11.6 Å². The first-order valence-corrected chi connectivity index (χ1v) is 9.11. The van der Waals surface area contributed by atoms with E-state index < -0.39 is 10.0 Å². The topological polar surface area (TPSA) is 127 Å². The van der Waals surface area contributed by atoms with Gasteiger partial charge < -0.3 is 4.52 Å². The van der Waals surface area contributed by atoms with Crippen LogP contribution in [0.5, 0.6) is 0 Å². The average molecular weight is 362 g/mol. The van der Waals surface area contributed by atoms with Crippen LogP contribution in [0.15, 0.2) is 27.9 Å². The van der Waals surface area contributed by atoms with Crippen LogP contribution in [0.25, 0.3) is 11.6 Å². The molecule has 1 aromatic carbocycles. The van der Waals surface area contributed by atoms with E-state index in [1.54, 1.807) is 13.8 Å². The van der Waals surface area contributed by atoms with Crippen molar-refractivity contribution in [3.05, 3.63) is 41.0 Å². The number of H-pyrrole nitrogens is 1. The van der Waals surface area contributed by atoms with Gasteiger partial charge in [-0.1, -0.05) is 22.9 Å². The summed E-state index contributed by atoms with van der Waals surface area (Å²) in [5, 5.41) is 10.1. The number of benzene rings is 1. The van der Waals surface area contributed by atoms with E-state index in [9.17, 15) is 8.42 Å². The minimum absolute atomic E-state index is 0.146. The standard InChI is InChI=1S/C15H18N6O3S/c1-9-6-10(2)13(11(3)7-9)25(22,23)18-5-4-12-19-15(21-24-12)14-16-8-17-20-14/h6-8,18H,4-5H2,1-3H3,(H,16,17,20). The Balaban J connectivity index is 1.67. The van der Waals surface area contributed by atoms with Gasteiger partial charge in [-0.15, -0.1) is 0 Å². The third-order valence-electron chi connectivity index (χ3n) is 3.60. The van der Waals surface area contributed by atoms with Crippen molar-refractivity contribution in [1.29, 1.82) is 0 Å². The minimum atomic E-state index is -3.61. The molecule has 0 unspecified atom stereocenters. The molecule has 132 valence electrons. The van der Waals surface area contributed by atoms with Crippen LogP contribution in [0.2, 0.25) is 0 Å². The van der Waals surface area contributed by atoms with Gasteiger partial charge in [0.2, 0.25) is 21.7 Å². The van der Waals surface area contributed by atoms with Crippen LogP contribution in [-0.2, 0) is 16.4 Å². The zero-order valence-electron chi connectivity index (χ0n) is 14.1. The molecule has 9 nitrogen and oxygen atoms in total. The summed E-state index contributed by atoms with van der Waals surface area (Å²) in [5.74, 6) is 0.980. The van der Waals surface area contributed by atoms with Gasteiger partial charge in [-0.3, -0.25) is 5.10 Å². The maximum absolute atomic E-state index is 12.6. The van der Waals surface area contributed by atoms with Crippen molar-refractivity contribution in [2.24, 2.45) is 0 Å². The van der Waals surface area contributed by atoms with E-state index in [4.69, 9.17) is 4.52 Å². The molecule has 3 aromatic rings. The van der Waals surface area contributed by atoms with E-state index in [-0.39, 0.29) is 18.8 Å². The quantitative estimate of drug-likeness (QED) is 0.676. The molecule has 0 saturated heterocycles. The van der Waals surface area contributed by atoms with Gasteiger partial charge >= 0.3 is 0 Å². The van der Waals surface area contributed by atoms with E-state index in [1.165, 1.54) is 6.33 Å². The van der Waals surface area contributed by atoms with E-state index in [0.29, 0.717) is 16.6 Å². The molecule has 0 aliphatic carbocycles. The molecule has 0 atom stereocenters. The Morgan fingerprint density at radius 2 is 1.92 bits per heavy atom. The number of nitrogens with zero attached hydrogens (tertiary/aromatic N) is 4. The van der Waals surface area contributed by atoms with Crippen molar-refractivity contribution < 1.29 is 12.9 Å². The molecular weight excluding hydrogens is 344 g/mol. The number of aromatic nitrogens is 5. The normalized spacial score (nSPS) is 11.8. The van der Waals surface area contributed by atoms with E-state index in [2.05, 4.69) is 30.0 Å². The predicted octanol–water partition coefficient (Wildman–Crippen LogP) is 1.30. The van der Waals surface area contributed by atoms with Crippen molar-refractivity contribution in [2.45, 2.75) is 32.1 Å². The highest BCUT2D eigenvalue weighted by molar-refractivity contribution is 7.89. The summed E-state index contributed by atoms with van der Waals surface area (Å²) in [6.07, 6.45) is 1.61. The Labute approximate surface area is 144 Å². The second-order valence-corrected chi connectivity index (χ2v) is 7.43. The first-order chi connectivity index (χ1) is 11.9. The van der Waals surface area contributed by atoms with Crippen LogP contribution < -0.4 is 4.72 Å². The Morgan fingerprint density at radius 1 is 1.20 bits per heavy atom. The average Bonchev–Trinajstić information content (AvgIpc) is 3.16. The van der Waals surface area contributed by atoms with Crippen LogP contribution >= 0.6 is 0 Å². The summed E-state index contributed by atoms with van der Waals surface area (Å²) < 4.78 is 32.8. The molecule has 2 aromatic heterocycles. The Bertz CT molecular complexity index is 956. The third-order valence-corrected chi connectivity index (χ3v) is 5.36. The molecule has 0 aliphatic heterocycles. The molecule has 0 amide bonds. The zero-order valence-corrected chi connectivity index (χ0v) is 14.9. The molecule has 0 bridgehead atoms. The summed E-state index contributed by atoms with van der Waals surface area (Å²) in [6, 6.07) is 3.70. The molecule has 0 fully saturated rings. The van der Waals surface area contributed by atoms with Gasteiger partial charge in [-0.2, -0.15) is 10.1 Å². The lowest BCUT2D eigenvalue weighted by Crippen LogP contribution is -2.27. The molecule has 0 spiro atoms. The van der Waals surface area contributed by atoms with E-state index in [1.807, 2.05) is 19.1 Å². The lowest BCUT2D eigenvalue weighted by atomic mass is 10.1. The maximum Gasteiger partial charge on any atom is 0.241 e. The number of rotatable bonds is 6. The minimum Gasteiger partial charge on any atom is -0.339 e. The number of nitrogens with one attached hydrogen (secondary N) is 2. The zero-order chi connectivity index (χ0) is 18.0. The number of aromatic amines is 1. The summed E-state index contributed by atoms with van der Waals surface area (Å²) in [7, 11) is -3.61. The highest BCUT2D eigenvalue weighted by Gasteiger charge is 2.20. The molecule has 0 saturated carbocycles. The fourth-order valence-corrected chi connectivity index (χ4v) is 4.20. The van der Waals surface area contributed by atoms with Crippen LogP contribution in [0.3, 0.4) is 0 Å². The van der Waals surface area contributed by atoms with E-state index >= 15 is 0 Å². The van der Waals surface area contributed by atoms with Crippen molar-refractivity contribution in [1.82, 2.24) is 30.0 Å². The smallest absolute Gasteiger partial charge is 0.241 e. The maximum atomic E-state index is 12.6. The van der Waals surface area contributed by atoms with Gasteiger partial charge in [0.25, 0.3) is 0 Å².